The van der Waals surface area contributed by atoms with Crippen molar-refractivity contribution in [2.75, 3.05) is 33.1 Å². The Kier molecular flexibility index (Phi) is 6.62. The van der Waals surface area contributed by atoms with Crippen molar-refractivity contribution >= 4 is 10.0 Å². The van der Waals surface area contributed by atoms with Crippen molar-refractivity contribution in [3.63, 3.8) is 0 Å². The van der Waals surface area contributed by atoms with E-state index in [0.717, 1.165) is 45.3 Å². The van der Waals surface area contributed by atoms with Crippen molar-refractivity contribution in [2.24, 2.45) is 0 Å². The molecule has 0 aromatic heterocycles. The first kappa shape index (κ1) is 22.0. The van der Waals surface area contributed by atoms with Crippen molar-refractivity contribution in [1.29, 1.82) is 0 Å². The van der Waals surface area contributed by atoms with E-state index in [2.05, 4.69) is 63.1 Å². The predicted octanol–water partition coefficient (Wildman–Crippen LogP) is 3.06. The number of ether oxygens (including phenoxy) is 1. The Hall–Kier alpha value is -1.77. The van der Waals surface area contributed by atoms with Crippen molar-refractivity contribution in [2.45, 2.75) is 49.4 Å². The van der Waals surface area contributed by atoms with Crippen LogP contribution < -0.4 is 4.72 Å². The summed E-state index contributed by atoms with van der Waals surface area (Å²) in [5.41, 5.74) is 3.61. The lowest BCUT2D eigenvalue weighted by atomic mass is 9.97. The smallest absolute Gasteiger partial charge is 0.214 e. The lowest BCUT2D eigenvalue weighted by molar-refractivity contribution is -0.0536. The van der Waals surface area contributed by atoms with Crippen LogP contribution in [0.2, 0.25) is 0 Å². The molecule has 172 valence electrons. The quantitative estimate of drug-likeness (QED) is 0.597. The molecule has 2 aromatic carbocycles. The number of nitrogens with one attached hydrogen (secondary N) is 1. The second-order valence-corrected chi connectivity index (χ2v) is 11.3. The Labute approximate surface area is 191 Å². The molecule has 3 aliphatic rings. The number of rotatable bonds is 10. The topological polar surface area (TPSA) is 61.9 Å². The zero-order valence-electron chi connectivity index (χ0n) is 18.5. The van der Waals surface area contributed by atoms with Crippen LogP contribution in [-0.2, 0) is 21.2 Å². The third kappa shape index (κ3) is 5.24. The molecule has 1 aliphatic carbocycles. The Morgan fingerprint density at radius 3 is 2.41 bits per heavy atom. The summed E-state index contributed by atoms with van der Waals surface area (Å²) in [4.78, 5) is 4.61. The number of benzene rings is 2. The highest BCUT2D eigenvalue weighted by Crippen LogP contribution is 2.30. The summed E-state index contributed by atoms with van der Waals surface area (Å²) in [6.07, 6.45) is 4.44. The fourth-order valence-corrected chi connectivity index (χ4v) is 6.37. The summed E-state index contributed by atoms with van der Waals surface area (Å²) in [7, 11) is -3.22. The van der Waals surface area contributed by atoms with Gasteiger partial charge in [-0.1, -0.05) is 54.6 Å². The van der Waals surface area contributed by atoms with Crippen LogP contribution in [0.4, 0.5) is 0 Å². The van der Waals surface area contributed by atoms with Gasteiger partial charge in [-0.2, -0.15) is 0 Å². The molecular weight excluding hydrogens is 422 g/mol. The highest BCUT2D eigenvalue weighted by atomic mass is 32.2. The minimum absolute atomic E-state index is 0.0754. The zero-order valence-corrected chi connectivity index (χ0v) is 19.3. The predicted molar refractivity (Wildman–Crippen MR) is 127 cm³/mol. The van der Waals surface area contributed by atoms with Gasteiger partial charge in [-0.3, -0.25) is 9.80 Å². The molecule has 0 spiro atoms. The summed E-state index contributed by atoms with van der Waals surface area (Å²) in [5.74, 6) is 0. The van der Waals surface area contributed by atoms with E-state index >= 15 is 0 Å². The van der Waals surface area contributed by atoms with Crippen molar-refractivity contribution < 1.29 is 13.2 Å². The van der Waals surface area contributed by atoms with E-state index in [4.69, 9.17) is 4.74 Å². The first-order chi connectivity index (χ1) is 15.6. The first-order valence-electron chi connectivity index (χ1n) is 11.8. The van der Waals surface area contributed by atoms with Gasteiger partial charge in [0, 0.05) is 31.7 Å². The van der Waals surface area contributed by atoms with E-state index < -0.39 is 10.0 Å². The first-order valence-corrected chi connectivity index (χ1v) is 13.3. The Balaban J connectivity index is 1.31. The fraction of sp³-hybridized carbons (Fsp3) is 0.520. The maximum Gasteiger partial charge on any atom is 0.214 e. The summed E-state index contributed by atoms with van der Waals surface area (Å²) < 4.78 is 34.4. The van der Waals surface area contributed by atoms with Gasteiger partial charge in [-0.15, -0.1) is 0 Å². The molecule has 2 aromatic rings. The van der Waals surface area contributed by atoms with E-state index in [1.54, 1.807) is 0 Å². The molecule has 0 unspecified atom stereocenters. The van der Waals surface area contributed by atoms with Crippen LogP contribution in [0.15, 0.2) is 54.6 Å². The number of nitrogens with zero attached hydrogens (tertiary/aromatic N) is 2. The van der Waals surface area contributed by atoms with Gasteiger partial charge in [-0.05, 0) is 48.8 Å². The van der Waals surface area contributed by atoms with Crippen molar-refractivity contribution in [3.05, 3.63) is 60.2 Å². The summed E-state index contributed by atoms with van der Waals surface area (Å²) in [6.45, 7) is 4.27. The third-order valence-corrected chi connectivity index (χ3v) is 8.88. The number of hydrogen-bond donors (Lipinski definition) is 1. The Morgan fingerprint density at radius 1 is 0.906 bits per heavy atom. The molecule has 5 rings (SSSR count). The van der Waals surface area contributed by atoms with E-state index in [-0.39, 0.29) is 17.3 Å². The standard InChI is InChI=1S/C25H33N3O3S/c29-32(30,23-10-11-23)26-24-12-15-28(19-31-18-27-13-5-14-27)25(24)17-20-6-4-9-22(16-20)21-7-2-1-3-8-21/h1-4,6-9,16,23-26H,5,10-15,17-19H2/t24-,25-/m0/s1. The van der Waals surface area contributed by atoms with Crippen LogP contribution in [0.25, 0.3) is 11.1 Å². The second-order valence-electron chi connectivity index (χ2n) is 9.34. The van der Waals surface area contributed by atoms with E-state index in [9.17, 15) is 8.42 Å². The largest absolute Gasteiger partial charge is 0.351 e. The third-order valence-electron chi connectivity index (χ3n) is 6.90. The molecule has 0 amide bonds. The van der Waals surface area contributed by atoms with Gasteiger partial charge in [0.25, 0.3) is 0 Å². The SMILES string of the molecule is O=S(=O)(N[C@H]1CCN(COCN2CCC2)[C@H]1Cc1cccc(-c2ccccc2)c1)C1CC1. The van der Waals surface area contributed by atoms with Crippen LogP contribution in [-0.4, -0.2) is 68.6 Å². The Morgan fingerprint density at radius 2 is 1.69 bits per heavy atom. The van der Waals surface area contributed by atoms with Gasteiger partial charge in [-0.25, -0.2) is 13.1 Å². The summed E-state index contributed by atoms with van der Waals surface area (Å²) in [6, 6.07) is 19.0. The molecular formula is C25H33N3O3S. The lowest BCUT2D eigenvalue weighted by Gasteiger charge is -2.32. The molecule has 0 bridgehead atoms. The molecule has 2 saturated heterocycles. The highest BCUT2D eigenvalue weighted by molar-refractivity contribution is 7.90. The van der Waals surface area contributed by atoms with Gasteiger partial charge in [0.1, 0.15) is 13.5 Å². The number of likely N-dealkylation sites (tertiary alicyclic amines) is 2. The molecule has 32 heavy (non-hydrogen) atoms. The zero-order chi connectivity index (χ0) is 22.0. The maximum absolute atomic E-state index is 12.7. The minimum atomic E-state index is -3.22. The summed E-state index contributed by atoms with van der Waals surface area (Å²) >= 11 is 0. The van der Waals surface area contributed by atoms with Gasteiger partial charge >= 0.3 is 0 Å². The van der Waals surface area contributed by atoms with Crippen LogP contribution in [0.3, 0.4) is 0 Å². The van der Waals surface area contributed by atoms with Gasteiger partial charge in [0.15, 0.2) is 0 Å². The molecule has 1 N–H and O–H groups in total. The molecule has 0 radical (unpaired) electrons. The average molecular weight is 456 g/mol. The minimum Gasteiger partial charge on any atom is -0.351 e. The van der Waals surface area contributed by atoms with Gasteiger partial charge in [0.05, 0.1) is 5.25 Å². The van der Waals surface area contributed by atoms with Gasteiger partial charge < -0.3 is 4.74 Å². The normalized spacial score (nSPS) is 24.5. The monoisotopic (exact) mass is 455 g/mol. The van der Waals surface area contributed by atoms with E-state index in [1.165, 1.54) is 23.1 Å². The van der Waals surface area contributed by atoms with Crippen molar-refractivity contribution in [3.8, 4) is 11.1 Å². The molecule has 2 atom stereocenters. The molecule has 7 heteroatoms. The fourth-order valence-electron chi connectivity index (χ4n) is 4.72. The van der Waals surface area contributed by atoms with Crippen molar-refractivity contribution in [1.82, 2.24) is 14.5 Å². The van der Waals surface area contributed by atoms with Crippen LogP contribution in [0.5, 0.6) is 0 Å². The van der Waals surface area contributed by atoms with E-state index in [0.29, 0.717) is 13.5 Å². The highest BCUT2D eigenvalue weighted by Gasteiger charge is 2.42. The van der Waals surface area contributed by atoms with Crippen LogP contribution in [0, 0.1) is 0 Å². The van der Waals surface area contributed by atoms with Gasteiger partial charge in [0.2, 0.25) is 10.0 Å². The van der Waals surface area contributed by atoms with Crippen LogP contribution in [0.1, 0.15) is 31.2 Å². The Bertz CT molecular complexity index is 1010. The number of hydrogen-bond acceptors (Lipinski definition) is 5. The molecule has 1 saturated carbocycles. The molecule has 2 heterocycles. The summed E-state index contributed by atoms with van der Waals surface area (Å²) in [5, 5.41) is -0.193. The maximum atomic E-state index is 12.7. The van der Waals surface area contributed by atoms with E-state index in [1.807, 2.05) is 6.07 Å². The molecule has 2 aliphatic heterocycles. The average Bonchev–Trinajstić information content (AvgIpc) is 3.57. The molecule has 6 nitrogen and oxygen atoms in total. The molecule has 3 fully saturated rings. The number of sulfonamides is 1. The second kappa shape index (κ2) is 9.61. The lowest BCUT2D eigenvalue weighted by Crippen LogP contribution is -2.48. The van der Waals surface area contributed by atoms with Crippen LogP contribution >= 0.6 is 0 Å².